The number of halogens is 1. The summed E-state index contributed by atoms with van der Waals surface area (Å²) < 4.78 is 5.23. The Morgan fingerprint density at radius 3 is 2.06 bits per heavy atom. The van der Waals surface area contributed by atoms with Gasteiger partial charge in [-0.1, -0.05) is 51.9 Å². The van der Waals surface area contributed by atoms with Crippen molar-refractivity contribution in [2.24, 2.45) is 0 Å². The second-order valence-electron chi connectivity index (χ2n) is 4.05. The lowest BCUT2D eigenvalue weighted by molar-refractivity contribution is 0.379. The largest absolute Gasteiger partial charge is 0.332 e. The van der Waals surface area contributed by atoms with Gasteiger partial charge in [-0.15, -0.1) is 0 Å². The van der Waals surface area contributed by atoms with E-state index in [1.165, 1.54) is 51.4 Å². The molecule has 0 spiro atoms. The van der Waals surface area contributed by atoms with Crippen LogP contribution in [0, 0.1) is 0 Å². The minimum atomic E-state index is -0.891. The molecule has 4 heteroatoms. The smallest absolute Gasteiger partial charge is 0.203 e. The summed E-state index contributed by atoms with van der Waals surface area (Å²) in [6.45, 7) is 5.91. The van der Waals surface area contributed by atoms with Crippen molar-refractivity contribution < 1.29 is 4.52 Å². The lowest BCUT2D eigenvalue weighted by atomic mass is 10.1. The summed E-state index contributed by atoms with van der Waals surface area (Å²) in [6, 6.07) is 0. The fourth-order valence-corrected chi connectivity index (χ4v) is 2.78. The van der Waals surface area contributed by atoms with E-state index in [-0.39, 0.29) is 0 Å². The lowest BCUT2D eigenvalue weighted by Crippen LogP contribution is -2.07. The van der Waals surface area contributed by atoms with Crippen molar-refractivity contribution in [3.63, 3.8) is 0 Å². The highest BCUT2D eigenvalue weighted by molar-refractivity contribution is 7.78. The van der Waals surface area contributed by atoms with Crippen molar-refractivity contribution >= 4 is 18.9 Å². The number of hydrogen-bond acceptors (Lipinski definition) is 2. The lowest BCUT2D eigenvalue weighted by Gasteiger charge is -2.09. The Balaban J connectivity index is 2.98. The van der Waals surface area contributed by atoms with Crippen LogP contribution in [0.5, 0.6) is 0 Å². The molecule has 0 fully saturated rings. The second-order valence-corrected chi connectivity index (χ2v) is 6.03. The van der Waals surface area contributed by atoms with Crippen molar-refractivity contribution in [2.75, 3.05) is 13.2 Å². The average Bonchev–Trinajstić information content (AvgIpc) is 2.27. The van der Waals surface area contributed by atoms with E-state index >= 15 is 0 Å². The van der Waals surface area contributed by atoms with E-state index in [4.69, 9.17) is 15.8 Å². The van der Waals surface area contributed by atoms with Gasteiger partial charge in [0.25, 0.3) is 0 Å². The van der Waals surface area contributed by atoms with Crippen LogP contribution in [-0.2, 0) is 4.52 Å². The van der Waals surface area contributed by atoms with Crippen molar-refractivity contribution in [1.82, 2.24) is 5.09 Å². The van der Waals surface area contributed by atoms with Crippen molar-refractivity contribution in [3.05, 3.63) is 0 Å². The molecule has 1 N–H and O–H groups in total. The van der Waals surface area contributed by atoms with E-state index in [9.17, 15) is 0 Å². The molecule has 1 atom stereocenters. The Bertz CT molecular complexity index is 138. The van der Waals surface area contributed by atoms with Gasteiger partial charge in [0.1, 0.15) is 0 Å². The molecular weight excluding hydrogens is 241 g/mol. The third-order valence-electron chi connectivity index (χ3n) is 2.51. The van der Waals surface area contributed by atoms with Crippen LogP contribution >= 0.6 is 18.9 Å². The van der Waals surface area contributed by atoms with Gasteiger partial charge < -0.3 is 4.52 Å². The first-order valence-corrected chi connectivity index (χ1v) is 8.80. The van der Waals surface area contributed by atoms with E-state index in [0.717, 1.165) is 6.54 Å². The van der Waals surface area contributed by atoms with Crippen LogP contribution in [-0.4, -0.2) is 13.2 Å². The molecule has 0 rings (SSSR count). The number of nitrogens with one attached hydrogen (secondary N) is 1. The fourth-order valence-electron chi connectivity index (χ4n) is 1.58. The van der Waals surface area contributed by atoms with Gasteiger partial charge in [-0.05, 0) is 24.6 Å². The maximum Gasteiger partial charge on any atom is 0.203 e. The summed E-state index contributed by atoms with van der Waals surface area (Å²) in [5.41, 5.74) is 0. The predicted octanol–water partition coefficient (Wildman–Crippen LogP) is 5.22. The fraction of sp³-hybridized carbons (Fsp3) is 1.00. The maximum atomic E-state index is 5.91. The highest BCUT2D eigenvalue weighted by Gasteiger charge is 2.01. The molecule has 0 aliphatic carbocycles. The van der Waals surface area contributed by atoms with E-state index in [1.807, 2.05) is 6.92 Å². The highest BCUT2D eigenvalue weighted by Crippen LogP contribution is 2.36. The summed E-state index contributed by atoms with van der Waals surface area (Å²) in [4.78, 5) is 0. The Hall–Kier alpha value is 0.640. The van der Waals surface area contributed by atoms with Crippen LogP contribution in [0.4, 0.5) is 0 Å². The molecule has 0 aromatic carbocycles. The van der Waals surface area contributed by atoms with E-state index < -0.39 is 7.65 Å². The Kier molecular flexibility index (Phi) is 14.3. The molecule has 1 unspecified atom stereocenters. The molecule has 0 radical (unpaired) electrons. The standard InChI is InChI=1S/C12H27ClNOP/c1-3-5-6-7-8-9-10-11-12-14-16(13)15-4-2/h14H,3-12H2,1-2H3. The predicted molar refractivity (Wildman–Crippen MR) is 75.0 cm³/mol. The molecule has 0 aliphatic heterocycles. The van der Waals surface area contributed by atoms with Crippen LogP contribution in [0.3, 0.4) is 0 Å². The average molecular weight is 268 g/mol. The SMILES string of the molecule is CCCCCCCCCCNP(Cl)OCC. The first-order valence-electron chi connectivity index (χ1n) is 6.63. The normalized spacial score (nSPS) is 12.9. The summed E-state index contributed by atoms with van der Waals surface area (Å²) in [5, 5.41) is 3.20. The van der Waals surface area contributed by atoms with E-state index in [0.29, 0.717) is 6.61 Å². The molecule has 2 nitrogen and oxygen atoms in total. The molecule has 0 aromatic heterocycles. The van der Waals surface area contributed by atoms with E-state index in [1.54, 1.807) is 0 Å². The summed E-state index contributed by atoms with van der Waals surface area (Å²) in [5.74, 6) is 0. The summed E-state index contributed by atoms with van der Waals surface area (Å²) >= 11 is 5.91. The van der Waals surface area contributed by atoms with Crippen molar-refractivity contribution in [3.8, 4) is 0 Å². The maximum absolute atomic E-state index is 5.91. The molecule has 0 amide bonds. The number of hydrogen-bond donors (Lipinski definition) is 1. The molecule has 0 aromatic rings. The van der Waals surface area contributed by atoms with Crippen LogP contribution in [0.2, 0.25) is 0 Å². The zero-order valence-corrected chi connectivity index (χ0v) is 12.5. The summed E-state index contributed by atoms with van der Waals surface area (Å²) in [6.07, 6.45) is 10.8. The minimum Gasteiger partial charge on any atom is -0.332 e. The van der Waals surface area contributed by atoms with Crippen LogP contribution in [0.1, 0.15) is 65.2 Å². The minimum absolute atomic E-state index is 0.694. The van der Waals surface area contributed by atoms with Gasteiger partial charge in [-0.25, -0.2) is 0 Å². The quantitative estimate of drug-likeness (QED) is 0.387. The molecule has 0 saturated carbocycles. The third kappa shape index (κ3) is 12.7. The topological polar surface area (TPSA) is 21.3 Å². The number of unbranched alkanes of at least 4 members (excludes halogenated alkanes) is 7. The molecule has 16 heavy (non-hydrogen) atoms. The first kappa shape index (κ1) is 16.6. The van der Waals surface area contributed by atoms with Crippen molar-refractivity contribution in [2.45, 2.75) is 65.2 Å². The number of rotatable bonds is 12. The van der Waals surface area contributed by atoms with Gasteiger partial charge in [0.2, 0.25) is 7.65 Å². The third-order valence-corrected chi connectivity index (χ3v) is 4.12. The van der Waals surface area contributed by atoms with Gasteiger partial charge in [0, 0.05) is 6.54 Å². The zero-order chi connectivity index (χ0) is 12.1. The van der Waals surface area contributed by atoms with Crippen LogP contribution < -0.4 is 5.09 Å². The van der Waals surface area contributed by atoms with E-state index in [2.05, 4.69) is 12.0 Å². The molecule has 0 bridgehead atoms. The zero-order valence-electron chi connectivity index (χ0n) is 10.8. The Morgan fingerprint density at radius 1 is 0.938 bits per heavy atom. The highest BCUT2D eigenvalue weighted by atomic mass is 35.7. The summed E-state index contributed by atoms with van der Waals surface area (Å²) in [7, 11) is -0.891. The monoisotopic (exact) mass is 267 g/mol. The van der Waals surface area contributed by atoms with Crippen LogP contribution in [0.15, 0.2) is 0 Å². The van der Waals surface area contributed by atoms with Gasteiger partial charge in [-0.3, -0.25) is 5.09 Å². The van der Waals surface area contributed by atoms with Crippen LogP contribution in [0.25, 0.3) is 0 Å². The van der Waals surface area contributed by atoms with Gasteiger partial charge >= 0.3 is 0 Å². The van der Waals surface area contributed by atoms with Gasteiger partial charge in [0.05, 0.1) is 6.61 Å². The molecule has 0 heterocycles. The Morgan fingerprint density at radius 2 is 1.50 bits per heavy atom. The second kappa shape index (κ2) is 13.7. The van der Waals surface area contributed by atoms with Gasteiger partial charge in [0.15, 0.2) is 0 Å². The molecule has 0 saturated heterocycles. The molecular formula is C12H27ClNOP. The Labute approximate surface area is 107 Å². The van der Waals surface area contributed by atoms with Gasteiger partial charge in [-0.2, -0.15) is 0 Å². The van der Waals surface area contributed by atoms with Crippen molar-refractivity contribution in [1.29, 1.82) is 0 Å². The molecule has 0 aliphatic rings. The molecule has 98 valence electrons. The first-order chi connectivity index (χ1) is 7.81.